The molecule has 2 atom stereocenters. The minimum Gasteiger partial charge on any atom is -0.313 e. The van der Waals surface area contributed by atoms with Gasteiger partial charge in [-0.05, 0) is 18.9 Å². The van der Waals surface area contributed by atoms with Gasteiger partial charge in [0.15, 0.2) is 0 Å². The lowest BCUT2D eigenvalue weighted by atomic mass is 10.1. The van der Waals surface area contributed by atoms with Gasteiger partial charge in [0.05, 0.1) is 0 Å². The Morgan fingerprint density at radius 1 is 1.15 bits per heavy atom. The Hall–Kier alpha value is 0.310. The summed E-state index contributed by atoms with van der Waals surface area (Å²) in [5, 5.41) is 4.35. The topological polar surface area (TPSA) is 12.0 Å². The van der Waals surface area contributed by atoms with Gasteiger partial charge in [-0.25, -0.2) is 0 Å². The summed E-state index contributed by atoms with van der Waals surface area (Å²) in [6.07, 6.45) is 1.28. The van der Waals surface area contributed by atoms with Crippen LogP contribution in [0, 0.1) is 5.92 Å². The molecule has 0 saturated carbocycles. The van der Waals surface area contributed by atoms with Crippen LogP contribution in [0.25, 0.3) is 0 Å². The molecule has 0 aliphatic rings. The molecule has 0 saturated heterocycles. The highest BCUT2D eigenvalue weighted by molar-refractivity contribution is 7.99. The highest BCUT2D eigenvalue weighted by Gasteiger charge is 2.12. The molecule has 0 aromatic rings. The van der Waals surface area contributed by atoms with Crippen molar-refractivity contribution >= 4 is 11.8 Å². The molecule has 0 heterocycles. The summed E-state index contributed by atoms with van der Waals surface area (Å²) < 4.78 is 0. The third kappa shape index (κ3) is 6.39. The number of hydrogen-bond acceptors (Lipinski definition) is 2. The average Bonchev–Trinajstić information content (AvgIpc) is 2.11. The SMILES string of the molecule is CCNC(CSC(C)CC)C(C)C. The summed E-state index contributed by atoms with van der Waals surface area (Å²) in [6, 6.07) is 0.684. The first-order valence-corrected chi connectivity index (χ1v) is 6.51. The van der Waals surface area contributed by atoms with Crippen molar-refractivity contribution in [2.45, 2.75) is 52.3 Å². The van der Waals surface area contributed by atoms with E-state index < -0.39 is 0 Å². The number of nitrogens with one attached hydrogen (secondary N) is 1. The van der Waals surface area contributed by atoms with Gasteiger partial charge in [0.1, 0.15) is 0 Å². The smallest absolute Gasteiger partial charge is 0.0181 e. The van der Waals surface area contributed by atoms with Gasteiger partial charge in [-0.1, -0.05) is 34.6 Å². The summed E-state index contributed by atoms with van der Waals surface area (Å²) in [5.41, 5.74) is 0. The van der Waals surface area contributed by atoms with Crippen molar-refractivity contribution in [1.29, 1.82) is 0 Å². The molecule has 1 N–H and O–H groups in total. The molecule has 0 spiro atoms. The van der Waals surface area contributed by atoms with Gasteiger partial charge >= 0.3 is 0 Å². The van der Waals surface area contributed by atoms with E-state index in [0.29, 0.717) is 6.04 Å². The van der Waals surface area contributed by atoms with E-state index in [1.54, 1.807) is 0 Å². The van der Waals surface area contributed by atoms with Crippen LogP contribution in [0.3, 0.4) is 0 Å². The fourth-order valence-electron chi connectivity index (χ4n) is 1.14. The highest BCUT2D eigenvalue weighted by Crippen LogP contribution is 2.17. The standard InChI is InChI=1S/C11H25NS/c1-6-10(5)13-8-11(9(3)4)12-7-2/h9-12H,6-8H2,1-5H3. The van der Waals surface area contributed by atoms with Crippen LogP contribution in [0.5, 0.6) is 0 Å². The summed E-state index contributed by atoms with van der Waals surface area (Å²) in [5.74, 6) is 2.00. The first-order chi connectivity index (χ1) is 6.11. The Morgan fingerprint density at radius 2 is 1.77 bits per heavy atom. The van der Waals surface area contributed by atoms with Crippen LogP contribution in [0.1, 0.15) is 41.0 Å². The zero-order valence-electron chi connectivity index (χ0n) is 9.76. The van der Waals surface area contributed by atoms with Crippen molar-refractivity contribution in [2.75, 3.05) is 12.3 Å². The van der Waals surface area contributed by atoms with Crippen molar-refractivity contribution in [2.24, 2.45) is 5.92 Å². The number of hydrogen-bond donors (Lipinski definition) is 1. The Labute approximate surface area is 88.1 Å². The van der Waals surface area contributed by atoms with Crippen molar-refractivity contribution in [3.63, 3.8) is 0 Å². The normalized spacial score (nSPS) is 16.2. The van der Waals surface area contributed by atoms with Crippen LogP contribution in [0.15, 0.2) is 0 Å². The Bertz CT molecular complexity index is 115. The van der Waals surface area contributed by atoms with Crippen LogP contribution in [-0.4, -0.2) is 23.6 Å². The third-order valence-electron chi connectivity index (χ3n) is 2.41. The molecule has 2 heteroatoms. The molecule has 0 aliphatic carbocycles. The van der Waals surface area contributed by atoms with E-state index in [2.05, 4.69) is 51.7 Å². The second-order valence-electron chi connectivity index (χ2n) is 3.96. The van der Waals surface area contributed by atoms with Gasteiger partial charge in [-0.15, -0.1) is 0 Å². The molecule has 0 bridgehead atoms. The van der Waals surface area contributed by atoms with Crippen molar-refractivity contribution in [1.82, 2.24) is 5.32 Å². The predicted octanol–water partition coefficient (Wildman–Crippen LogP) is 3.15. The lowest BCUT2D eigenvalue weighted by molar-refractivity contribution is 0.443. The van der Waals surface area contributed by atoms with Gasteiger partial charge in [0.25, 0.3) is 0 Å². The number of rotatable bonds is 7. The summed E-state index contributed by atoms with van der Waals surface area (Å²) >= 11 is 2.09. The Kier molecular flexibility index (Phi) is 7.87. The minimum absolute atomic E-state index is 0.684. The van der Waals surface area contributed by atoms with E-state index in [-0.39, 0.29) is 0 Å². The molecule has 0 aromatic heterocycles. The maximum absolute atomic E-state index is 3.54. The van der Waals surface area contributed by atoms with E-state index in [0.717, 1.165) is 17.7 Å². The molecular formula is C11H25NS. The molecular weight excluding hydrogens is 178 g/mol. The van der Waals surface area contributed by atoms with E-state index in [9.17, 15) is 0 Å². The van der Waals surface area contributed by atoms with E-state index in [1.807, 2.05) is 0 Å². The quantitative estimate of drug-likeness (QED) is 0.682. The molecule has 80 valence electrons. The Morgan fingerprint density at radius 3 is 2.15 bits per heavy atom. The second kappa shape index (κ2) is 7.69. The van der Waals surface area contributed by atoms with Gasteiger partial charge in [-0.2, -0.15) is 11.8 Å². The van der Waals surface area contributed by atoms with Gasteiger partial charge in [0, 0.05) is 17.0 Å². The molecule has 0 aromatic carbocycles. The second-order valence-corrected chi connectivity index (χ2v) is 5.43. The van der Waals surface area contributed by atoms with E-state index >= 15 is 0 Å². The lowest BCUT2D eigenvalue weighted by Gasteiger charge is -2.22. The lowest BCUT2D eigenvalue weighted by Crippen LogP contribution is -2.36. The largest absolute Gasteiger partial charge is 0.313 e. The molecule has 0 fully saturated rings. The van der Waals surface area contributed by atoms with E-state index in [1.165, 1.54) is 12.2 Å². The molecule has 2 unspecified atom stereocenters. The van der Waals surface area contributed by atoms with Crippen molar-refractivity contribution < 1.29 is 0 Å². The predicted molar refractivity (Wildman–Crippen MR) is 64.5 cm³/mol. The monoisotopic (exact) mass is 203 g/mol. The van der Waals surface area contributed by atoms with Crippen LogP contribution in [-0.2, 0) is 0 Å². The summed E-state index contributed by atoms with van der Waals surface area (Å²) in [7, 11) is 0. The summed E-state index contributed by atoms with van der Waals surface area (Å²) in [4.78, 5) is 0. The first kappa shape index (κ1) is 13.3. The Balaban J connectivity index is 3.68. The fourth-order valence-corrected chi connectivity index (χ4v) is 2.41. The molecule has 0 rings (SSSR count). The average molecular weight is 203 g/mol. The van der Waals surface area contributed by atoms with Gasteiger partial charge in [-0.3, -0.25) is 0 Å². The number of thioether (sulfide) groups is 1. The van der Waals surface area contributed by atoms with Crippen LogP contribution in [0.4, 0.5) is 0 Å². The minimum atomic E-state index is 0.684. The molecule has 0 amide bonds. The zero-order valence-corrected chi connectivity index (χ0v) is 10.6. The van der Waals surface area contributed by atoms with Crippen molar-refractivity contribution in [3.8, 4) is 0 Å². The van der Waals surface area contributed by atoms with Gasteiger partial charge in [0.2, 0.25) is 0 Å². The van der Waals surface area contributed by atoms with Crippen molar-refractivity contribution in [3.05, 3.63) is 0 Å². The zero-order chi connectivity index (χ0) is 10.3. The first-order valence-electron chi connectivity index (χ1n) is 5.46. The fraction of sp³-hybridized carbons (Fsp3) is 1.00. The molecule has 0 aliphatic heterocycles. The highest BCUT2D eigenvalue weighted by atomic mass is 32.2. The van der Waals surface area contributed by atoms with Gasteiger partial charge < -0.3 is 5.32 Å². The van der Waals surface area contributed by atoms with Crippen LogP contribution < -0.4 is 5.32 Å². The maximum atomic E-state index is 3.54. The molecule has 13 heavy (non-hydrogen) atoms. The maximum Gasteiger partial charge on any atom is 0.0181 e. The third-order valence-corrected chi connectivity index (χ3v) is 3.86. The summed E-state index contributed by atoms with van der Waals surface area (Å²) in [6.45, 7) is 12.4. The molecule has 0 radical (unpaired) electrons. The molecule has 1 nitrogen and oxygen atoms in total. The van der Waals surface area contributed by atoms with Crippen LogP contribution >= 0.6 is 11.8 Å². The van der Waals surface area contributed by atoms with Crippen LogP contribution in [0.2, 0.25) is 0 Å². The van der Waals surface area contributed by atoms with E-state index in [4.69, 9.17) is 0 Å².